The van der Waals surface area contributed by atoms with Gasteiger partial charge < -0.3 is 10.2 Å². The molecule has 1 N–H and O–H groups in total. The maximum Gasteiger partial charge on any atom is 0.223 e. The fourth-order valence-corrected chi connectivity index (χ4v) is 1.85. The van der Waals surface area contributed by atoms with E-state index in [-0.39, 0.29) is 0 Å². The molecule has 14 heavy (non-hydrogen) atoms. The van der Waals surface area contributed by atoms with Crippen LogP contribution in [0.5, 0.6) is 0 Å². The van der Waals surface area contributed by atoms with E-state index in [9.17, 15) is 4.79 Å². The third-order valence-electron chi connectivity index (χ3n) is 2.68. The van der Waals surface area contributed by atoms with Gasteiger partial charge in [-0.05, 0) is 19.8 Å². The van der Waals surface area contributed by atoms with Gasteiger partial charge in [-0.1, -0.05) is 13.8 Å². The highest BCUT2D eigenvalue weighted by atomic mass is 16.2. The Morgan fingerprint density at radius 3 is 2.50 bits per heavy atom. The van der Waals surface area contributed by atoms with Gasteiger partial charge in [0.15, 0.2) is 0 Å². The summed E-state index contributed by atoms with van der Waals surface area (Å²) in [6, 6.07) is 0.866. The first-order chi connectivity index (χ1) is 6.50. The summed E-state index contributed by atoms with van der Waals surface area (Å²) in [6.07, 6.45) is 0.720. The Bertz CT molecular complexity index is 201. The topological polar surface area (TPSA) is 32.3 Å². The molecule has 1 amide bonds. The van der Waals surface area contributed by atoms with Gasteiger partial charge >= 0.3 is 0 Å². The summed E-state index contributed by atoms with van der Waals surface area (Å²) in [5, 5.41) is 3.39. The van der Waals surface area contributed by atoms with Gasteiger partial charge in [0.2, 0.25) is 5.91 Å². The first kappa shape index (κ1) is 11.5. The number of carbonyl (C=O) groups is 1. The van der Waals surface area contributed by atoms with Crippen molar-refractivity contribution in [1.82, 2.24) is 10.2 Å². The maximum absolute atomic E-state index is 11.6. The molecule has 1 heterocycles. The van der Waals surface area contributed by atoms with Crippen molar-refractivity contribution in [3.63, 3.8) is 0 Å². The lowest BCUT2D eigenvalue weighted by Gasteiger charge is -2.21. The van der Waals surface area contributed by atoms with Crippen molar-refractivity contribution >= 4 is 5.91 Å². The van der Waals surface area contributed by atoms with Crippen LogP contribution in [0.25, 0.3) is 0 Å². The second kappa shape index (κ2) is 4.78. The predicted octanol–water partition coefficient (Wildman–Crippen LogP) is 1.24. The van der Waals surface area contributed by atoms with Crippen LogP contribution in [0.4, 0.5) is 0 Å². The van der Waals surface area contributed by atoms with Crippen LogP contribution in [-0.2, 0) is 4.79 Å². The minimum Gasteiger partial charge on any atom is -0.340 e. The van der Waals surface area contributed by atoms with E-state index in [4.69, 9.17) is 0 Å². The Morgan fingerprint density at radius 1 is 1.43 bits per heavy atom. The molecule has 0 radical (unpaired) electrons. The lowest BCUT2D eigenvalue weighted by Crippen LogP contribution is -2.34. The molecule has 82 valence electrons. The molecule has 0 aromatic heterocycles. The van der Waals surface area contributed by atoms with Crippen molar-refractivity contribution in [2.75, 3.05) is 13.1 Å². The Balaban J connectivity index is 2.35. The summed E-state index contributed by atoms with van der Waals surface area (Å²) in [4.78, 5) is 13.5. The standard InChI is InChI=1S/C11H22N2O/c1-8(2)12-6-10-5-11(14)13(7-10)9(3)4/h8-10,12H,5-7H2,1-4H3. The van der Waals surface area contributed by atoms with E-state index in [2.05, 4.69) is 33.0 Å². The second-order valence-electron chi connectivity index (χ2n) is 4.77. The lowest BCUT2D eigenvalue weighted by atomic mass is 10.1. The smallest absolute Gasteiger partial charge is 0.223 e. The molecule has 1 atom stereocenters. The Labute approximate surface area is 86.9 Å². The van der Waals surface area contributed by atoms with Crippen LogP contribution >= 0.6 is 0 Å². The van der Waals surface area contributed by atoms with Gasteiger partial charge in [0.25, 0.3) is 0 Å². The Kier molecular flexibility index (Phi) is 3.93. The summed E-state index contributed by atoms with van der Waals surface area (Å²) >= 11 is 0. The van der Waals surface area contributed by atoms with E-state index >= 15 is 0 Å². The number of amides is 1. The minimum atomic E-state index is 0.315. The van der Waals surface area contributed by atoms with E-state index in [1.54, 1.807) is 0 Å². The van der Waals surface area contributed by atoms with Gasteiger partial charge in [-0.25, -0.2) is 0 Å². The minimum absolute atomic E-state index is 0.315. The number of likely N-dealkylation sites (tertiary alicyclic amines) is 1. The molecule has 0 spiro atoms. The van der Waals surface area contributed by atoms with Gasteiger partial charge in [-0.3, -0.25) is 4.79 Å². The van der Waals surface area contributed by atoms with Crippen molar-refractivity contribution in [2.24, 2.45) is 5.92 Å². The summed E-state index contributed by atoms with van der Waals surface area (Å²) < 4.78 is 0. The molecule has 1 saturated heterocycles. The van der Waals surface area contributed by atoms with Gasteiger partial charge in [0.05, 0.1) is 0 Å². The third kappa shape index (κ3) is 2.98. The number of hydrogen-bond acceptors (Lipinski definition) is 2. The molecule has 0 aromatic carbocycles. The zero-order valence-corrected chi connectivity index (χ0v) is 9.71. The number of nitrogens with zero attached hydrogens (tertiary/aromatic N) is 1. The molecule has 1 unspecified atom stereocenters. The predicted molar refractivity (Wildman–Crippen MR) is 58.1 cm³/mol. The van der Waals surface area contributed by atoms with E-state index in [0.29, 0.717) is 23.9 Å². The SMILES string of the molecule is CC(C)NCC1CC(=O)N(C(C)C)C1. The summed E-state index contributed by atoms with van der Waals surface area (Å²) in [6.45, 7) is 10.3. The fraction of sp³-hybridized carbons (Fsp3) is 0.909. The molecule has 1 aliphatic rings. The van der Waals surface area contributed by atoms with E-state index in [1.165, 1.54) is 0 Å². The molecule has 1 rings (SSSR count). The van der Waals surface area contributed by atoms with Gasteiger partial charge in [0.1, 0.15) is 0 Å². The van der Waals surface area contributed by atoms with Gasteiger partial charge in [-0.15, -0.1) is 0 Å². The molecule has 0 saturated carbocycles. The summed E-state index contributed by atoms with van der Waals surface area (Å²) in [5.41, 5.74) is 0. The highest BCUT2D eigenvalue weighted by Crippen LogP contribution is 2.19. The normalized spacial score (nSPS) is 22.9. The van der Waals surface area contributed by atoms with Crippen LogP contribution in [-0.4, -0.2) is 36.0 Å². The quantitative estimate of drug-likeness (QED) is 0.737. The van der Waals surface area contributed by atoms with Crippen molar-refractivity contribution < 1.29 is 4.79 Å². The Hall–Kier alpha value is -0.570. The molecule has 3 nitrogen and oxygen atoms in total. The zero-order valence-electron chi connectivity index (χ0n) is 9.71. The number of nitrogens with one attached hydrogen (secondary N) is 1. The van der Waals surface area contributed by atoms with Crippen LogP contribution in [0.2, 0.25) is 0 Å². The van der Waals surface area contributed by atoms with Crippen molar-refractivity contribution in [3.8, 4) is 0 Å². The van der Waals surface area contributed by atoms with Crippen LogP contribution in [0.1, 0.15) is 34.1 Å². The number of hydrogen-bond donors (Lipinski definition) is 1. The number of rotatable bonds is 4. The summed E-state index contributed by atoms with van der Waals surface area (Å²) in [7, 11) is 0. The fourth-order valence-electron chi connectivity index (χ4n) is 1.85. The summed E-state index contributed by atoms with van der Waals surface area (Å²) in [5.74, 6) is 0.822. The van der Waals surface area contributed by atoms with E-state index < -0.39 is 0 Å². The highest BCUT2D eigenvalue weighted by Gasteiger charge is 2.30. The zero-order chi connectivity index (χ0) is 10.7. The Morgan fingerprint density at radius 2 is 2.07 bits per heavy atom. The molecule has 0 aromatic rings. The van der Waals surface area contributed by atoms with Gasteiger partial charge in [-0.2, -0.15) is 0 Å². The molecular formula is C11H22N2O. The molecule has 0 bridgehead atoms. The van der Waals surface area contributed by atoms with Crippen LogP contribution in [0, 0.1) is 5.92 Å². The largest absolute Gasteiger partial charge is 0.340 e. The monoisotopic (exact) mass is 198 g/mol. The van der Waals surface area contributed by atoms with Crippen LogP contribution < -0.4 is 5.32 Å². The van der Waals surface area contributed by atoms with Gasteiger partial charge in [0, 0.05) is 31.6 Å². The van der Waals surface area contributed by atoms with Crippen molar-refractivity contribution in [1.29, 1.82) is 0 Å². The second-order valence-corrected chi connectivity index (χ2v) is 4.77. The van der Waals surface area contributed by atoms with E-state index in [0.717, 1.165) is 19.5 Å². The lowest BCUT2D eigenvalue weighted by molar-refractivity contribution is -0.129. The third-order valence-corrected chi connectivity index (χ3v) is 2.68. The van der Waals surface area contributed by atoms with E-state index in [1.807, 2.05) is 4.90 Å². The van der Waals surface area contributed by atoms with Crippen LogP contribution in [0.15, 0.2) is 0 Å². The average Bonchev–Trinajstić information content (AvgIpc) is 2.43. The average molecular weight is 198 g/mol. The number of carbonyl (C=O) groups excluding carboxylic acids is 1. The maximum atomic E-state index is 11.6. The first-order valence-corrected chi connectivity index (χ1v) is 5.53. The molecule has 1 fully saturated rings. The molecule has 1 aliphatic heterocycles. The first-order valence-electron chi connectivity index (χ1n) is 5.53. The molecule has 3 heteroatoms. The van der Waals surface area contributed by atoms with Crippen molar-refractivity contribution in [2.45, 2.75) is 46.2 Å². The van der Waals surface area contributed by atoms with Crippen molar-refractivity contribution in [3.05, 3.63) is 0 Å². The highest BCUT2D eigenvalue weighted by molar-refractivity contribution is 5.78. The molecular weight excluding hydrogens is 176 g/mol. The molecule has 0 aliphatic carbocycles. The van der Waals surface area contributed by atoms with Crippen LogP contribution in [0.3, 0.4) is 0 Å².